The topological polar surface area (TPSA) is 49.6 Å². The van der Waals surface area contributed by atoms with Crippen molar-refractivity contribution in [3.8, 4) is 0 Å². The molecule has 1 aliphatic carbocycles. The van der Waals surface area contributed by atoms with Crippen LogP contribution < -0.4 is 5.73 Å². The molecule has 2 atom stereocenters. The number of nitrogens with two attached hydrogens (primary N) is 1. The maximum absolute atomic E-state index is 12.3. The summed E-state index contributed by atoms with van der Waals surface area (Å²) in [5.41, 5.74) is 6.02. The number of piperidine rings is 1. The number of amides is 1. The number of carbonyl (C=O) groups is 1. The van der Waals surface area contributed by atoms with Gasteiger partial charge in [0.1, 0.15) is 0 Å². The minimum Gasteiger partial charge on any atom is -0.343 e. The van der Waals surface area contributed by atoms with E-state index >= 15 is 0 Å². The second kappa shape index (κ2) is 7.41. The highest BCUT2D eigenvalue weighted by atomic mass is 16.2. The average Bonchev–Trinajstić information content (AvgIpc) is 2.45. The van der Waals surface area contributed by atoms with Crippen LogP contribution in [0.4, 0.5) is 0 Å². The fraction of sp³-hybridized carbons (Fsp3) is 0.938. The Morgan fingerprint density at radius 3 is 2.60 bits per heavy atom. The molecule has 4 nitrogen and oxygen atoms in total. The highest BCUT2D eigenvalue weighted by molar-refractivity contribution is 5.76. The molecule has 0 aromatic rings. The van der Waals surface area contributed by atoms with Gasteiger partial charge >= 0.3 is 0 Å². The van der Waals surface area contributed by atoms with Gasteiger partial charge in [-0.15, -0.1) is 0 Å². The molecule has 2 unspecified atom stereocenters. The van der Waals surface area contributed by atoms with E-state index in [1.807, 2.05) is 11.9 Å². The van der Waals surface area contributed by atoms with Crippen molar-refractivity contribution in [2.75, 3.05) is 27.2 Å². The highest BCUT2D eigenvalue weighted by Gasteiger charge is 2.25. The third-order valence-electron chi connectivity index (χ3n) is 5.22. The van der Waals surface area contributed by atoms with Crippen molar-refractivity contribution in [2.45, 2.75) is 63.5 Å². The molecule has 20 heavy (non-hydrogen) atoms. The summed E-state index contributed by atoms with van der Waals surface area (Å²) in [5.74, 6) is 1.01. The van der Waals surface area contributed by atoms with E-state index in [-0.39, 0.29) is 0 Å². The minimum atomic E-state index is 0.332. The Balaban J connectivity index is 1.71. The third kappa shape index (κ3) is 4.45. The molecule has 1 aliphatic heterocycles. The molecule has 1 heterocycles. The molecule has 2 aliphatic rings. The Hall–Kier alpha value is -0.610. The number of nitrogens with zero attached hydrogens (tertiary/aromatic N) is 2. The lowest BCUT2D eigenvalue weighted by Gasteiger charge is -2.35. The average molecular weight is 281 g/mol. The smallest absolute Gasteiger partial charge is 0.222 e. The van der Waals surface area contributed by atoms with Gasteiger partial charge in [0.05, 0.1) is 0 Å². The lowest BCUT2D eigenvalue weighted by atomic mass is 9.83. The maximum Gasteiger partial charge on any atom is 0.222 e. The highest BCUT2D eigenvalue weighted by Crippen LogP contribution is 2.27. The van der Waals surface area contributed by atoms with Crippen LogP contribution in [0.1, 0.15) is 51.4 Å². The lowest BCUT2D eigenvalue weighted by molar-refractivity contribution is -0.133. The minimum absolute atomic E-state index is 0.332. The van der Waals surface area contributed by atoms with E-state index in [0.29, 0.717) is 30.3 Å². The summed E-state index contributed by atoms with van der Waals surface area (Å²) in [6, 6.07) is 0.822. The van der Waals surface area contributed by atoms with Gasteiger partial charge in [-0.3, -0.25) is 4.79 Å². The SMILES string of the molecule is CN1CCC(N(C)C(=O)CCC2CCCC(N)C2)CC1. The van der Waals surface area contributed by atoms with Crippen molar-refractivity contribution in [1.82, 2.24) is 9.80 Å². The van der Waals surface area contributed by atoms with Crippen LogP contribution in [0, 0.1) is 5.92 Å². The summed E-state index contributed by atoms with van der Waals surface area (Å²) in [5, 5.41) is 0. The van der Waals surface area contributed by atoms with Crippen LogP contribution in [0.25, 0.3) is 0 Å². The quantitative estimate of drug-likeness (QED) is 0.855. The fourth-order valence-electron chi connectivity index (χ4n) is 3.68. The number of rotatable bonds is 4. The van der Waals surface area contributed by atoms with Gasteiger partial charge < -0.3 is 15.5 Å². The van der Waals surface area contributed by atoms with E-state index in [4.69, 9.17) is 5.73 Å². The predicted octanol–water partition coefficient (Wildman–Crippen LogP) is 1.84. The van der Waals surface area contributed by atoms with Gasteiger partial charge in [-0.1, -0.05) is 12.8 Å². The first-order valence-electron chi connectivity index (χ1n) is 8.26. The van der Waals surface area contributed by atoms with Gasteiger partial charge in [0.25, 0.3) is 0 Å². The summed E-state index contributed by atoms with van der Waals surface area (Å²) in [6.45, 7) is 2.22. The Labute approximate surface area is 123 Å². The van der Waals surface area contributed by atoms with Crippen molar-refractivity contribution in [3.63, 3.8) is 0 Å². The zero-order valence-electron chi connectivity index (χ0n) is 13.2. The second-order valence-corrected chi connectivity index (χ2v) is 6.87. The second-order valence-electron chi connectivity index (χ2n) is 6.87. The van der Waals surface area contributed by atoms with Crippen molar-refractivity contribution in [1.29, 1.82) is 0 Å². The normalized spacial score (nSPS) is 29.4. The van der Waals surface area contributed by atoms with Crippen molar-refractivity contribution in [2.24, 2.45) is 11.7 Å². The van der Waals surface area contributed by atoms with E-state index in [9.17, 15) is 4.79 Å². The molecular formula is C16H31N3O. The molecule has 0 aromatic carbocycles. The first-order chi connectivity index (χ1) is 9.56. The van der Waals surface area contributed by atoms with Crippen LogP contribution in [0.3, 0.4) is 0 Å². The predicted molar refractivity (Wildman–Crippen MR) is 82.5 cm³/mol. The standard InChI is InChI=1S/C16H31N3O/c1-18-10-8-15(9-11-18)19(2)16(20)7-6-13-4-3-5-14(17)12-13/h13-15H,3-12,17H2,1-2H3. The third-order valence-corrected chi connectivity index (χ3v) is 5.22. The number of hydrogen-bond acceptors (Lipinski definition) is 3. The summed E-state index contributed by atoms with van der Waals surface area (Å²) < 4.78 is 0. The van der Waals surface area contributed by atoms with E-state index in [0.717, 1.165) is 38.8 Å². The van der Waals surface area contributed by atoms with Crippen molar-refractivity contribution < 1.29 is 4.79 Å². The molecule has 2 fully saturated rings. The molecule has 0 aromatic heterocycles. The summed E-state index contributed by atoms with van der Waals surface area (Å²) in [7, 11) is 4.15. The largest absolute Gasteiger partial charge is 0.343 e. The van der Waals surface area contributed by atoms with Crippen molar-refractivity contribution in [3.05, 3.63) is 0 Å². The zero-order valence-corrected chi connectivity index (χ0v) is 13.2. The molecule has 0 bridgehead atoms. The molecule has 1 saturated heterocycles. The van der Waals surface area contributed by atoms with E-state index in [1.54, 1.807) is 0 Å². The lowest BCUT2D eigenvalue weighted by Crippen LogP contribution is -2.44. The Bertz CT molecular complexity index is 313. The Morgan fingerprint density at radius 1 is 1.25 bits per heavy atom. The molecule has 4 heteroatoms. The number of likely N-dealkylation sites (tertiary alicyclic amines) is 1. The summed E-state index contributed by atoms with van der Waals surface area (Å²) in [6.07, 6.45) is 8.76. The molecule has 1 amide bonds. The van der Waals surface area contributed by atoms with Crippen LogP contribution in [0.5, 0.6) is 0 Å². The van der Waals surface area contributed by atoms with Gasteiger partial charge in [-0.05, 0) is 58.2 Å². The Morgan fingerprint density at radius 2 is 1.95 bits per heavy atom. The maximum atomic E-state index is 12.3. The summed E-state index contributed by atoms with van der Waals surface area (Å²) in [4.78, 5) is 16.7. The fourth-order valence-corrected chi connectivity index (χ4v) is 3.68. The molecule has 0 radical (unpaired) electrons. The van der Waals surface area contributed by atoms with Crippen LogP contribution in [-0.4, -0.2) is 55.0 Å². The van der Waals surface area contributed by atoms with Crippen LogP contribution in [0.2, 0.25) is 0 Å². The molecule has 2 N–H and O–H groups in total. The van der Waals surface area contributed by atoms with E-state index in [2.05, 4.69) is 11.9 Å². The molecule has 2 rings (SSSR count). The first-order valence-corrected chi connectivity index (χ1v) is 8.26. The van der Waals surface area contributed by atoms with E-state index < -0.39 is 0 Å². The van der Waals surface area contributed by atoms with Crippen molar-refractivity contribution >= 4 is 5.91 Å². The van der Waals surface area contributed by atoms with Gasteiger partial charge in [0, 0.05) is 25.6 Å². The molecular weight excluding hydrogens is 250 g/mol. The van der Waals surface area contributed by atoms with Gasteiger partial charge in [-0.25, -0.2) is 0 Å². The van der Waals surface area contributed by atoms with Gasteiger partial charge in [0.2, 0.25) is 5.91 Å². The molecule has 1 saturated carbocycles. The monoisotopic (exact) mass is 281 g/mol. The summed E-state index contributed by atoms with van der Waals surface area (Å²) >= 11 is 0. The molecule has 116 valence electrons. The Kier molecular flexibility index (Phi) is 5.85. The van der Waals surface area contributed by atoms with Gasteiger partial charge in [0.15, 0.2) is 0 Å². The van der Waals surface area contributed by atoms with Gasteiger partial charge in [-0.2, -0.15) is 0 Å². The number of hydrogen-bond donors (Lipinski definition) is 1. The van der Waals surface area contributed by atoms with E-state index in [1.165, 1.54) is 19.3 Å². The molecule has 0 spiro atoms. The first kappa shape index (κ1) is 15.8. The number of carbonyl (C=O) groups excluding carboxylic acids is 1. The van der Waals surface area contributed by atoms with Crippen LogP contribution in [-0.2, 0) is 4.79 Å². The van der Waals surface area contributed by atoms with Crippen LogP contribution in [0.15, 0.2) is 0 Å². The van der Waals surface area contributed by atoms with Crippen LogP contribution >= 0.6 is 0 Å². The zero-order chi connectivity index (χ0) is 14.5.